The Morgan fingerprint density at radius 3 is 2.66 bits per heavy atom. The van der Waals surface area contributed by atoms with Crippen LogP contribution >= 0.6 is 11.3 Å². The van der Waals surface area contributed by atoms with Crippen LogP contribution in [0.4, 0.5) is 4.39 Å². The maximum Gasteiger partial charge on any atom is 0.298 e. The highest BCUT2D eigenvalue weighted by Crippen LogP contribution is 2.36. The van der Waals surface area contributed by atoms with Gasteiger partial charge < -0.3 is 10.0 Å². The number of aromatic hydroxyl groups is 1. The Kier molecular flexibility index (Phi) is 4.49. The van der Waals surface area contributed by atoms with Crippen molar-refractivity contribution in [2.24, 2.45) is 0 Å². The van der Waals surface area contributed by atoms with Crippen LogP contribution in [0.25, 0.3) is 10.7 Å². The minimum atomic E-state index is -0.790. The first kappa shape index (κ1) is 19.3. The van der Waals surface area contributed by atoms with E-state index in [0.29, 0.717) is 17.3 Å². The van der Waals surface area contributed by atoms with Gasteiger partial charge in [-0.1, -0.05) is 12.1 Å². The van der Waals surface area contributed by atoms with Crippen LogP contribution in [0.3, 0.4) is 0 Å². The summed E-state index contributed by atoms with van der Waals surface area (Å²) in [5.41, 5.74) is -0.361. The van der Waals surface area contributed by atoms with E-state index in [-0.39, 0.29) is 24.1 Å². The summed E-state index contributed by atoms with van der Waals surface area (Å²) in [4.78, 5) is 35.9. The molecule has 0 fully saturated rings. The van der Waals surface area contributed by atoms with Crippen LogP contribution in [0.5, 0.6) is 5.75 Å². The lowest BCUT2D eigenvalue weighted by atomic mass is 10.0. The number of thiazole rings is 1. The fourth-order valence-electron chi connectivity index (χ4n) is 3.53. The molecule has 0 radical (unpaired) electrons. The highest BCUT2D eigenvalue weighted by Gasteiger charge is 2.42. The molecule has 4 rings (SSSR count). The lowest BCUT2D eigenvalue weighted by Gasteiger charge is -2.28. The summed E-state index contributed by atoms with van der Waals surface area (Å²) in [7, 11) is 0. The van der Waals surface area contributed by atoms with E-state index in [1.165, 1.54) is 39.9 Å². The first-order valence-corrected chi connectivity index (χ1v) is 9.82. The van der Waals surface area contributed by atoms with Gasteiger partial charge in [0, 0.05) is 24.4 Å². The van der Waals surface area contributed by atoms with Gasteiger partial charge in [0.2, 0.25) is 11.7 Å². The molecule has 0 unspecified atom stereocenters. The third kappa shape index (κ3) is 3.21. The van der Waals surface area contributed by atoms with Crippen LogP contribution in [-0.2, 0) is 23.4 Å². The standard InChI is InChI=1S/C20H19FN4O3S/c1-11(26)25-10-24-18(28)16(27)15(23-19(24)20(25,2)3)17-22-9-14(29-17)8-12-4-6-13(21)7-5-12/h4-7,9,27H,8,10H2,1-3H3. The van der Waals surface area contributed by atoms with E-state index in [1.807, 2.05) is 13.8 Å². The molecule has 0 spiro atoms. The first-order chi connectivity index (χ1) is 13.7. The molecule has 2 aromatic heterocycles. The molecule has 1 aromatic carbocycles. The summed E-state index contributed by atoms with van der Waals surface area (Å²) in [5, 5.41) is 10.9. The van der Waals surface area contributed by atoms with Crippen molar-refractivity contribution in [1.29, 1.82) is 0 Å². The number of amides is 1. The Labute approximate surface area is 170 Å². The van der Waals surface area contributed by atoms with Crippen molar-refractivity contribution in [1.82, 2.24) is 19.4 Å². The number of carbonyl (C=O) groups excluding carboxylic acids is 1. The second-order valence-electron chi connectivity index (χ2n) is 7.45. The molecule has 150 valence electrons. The molecule has 3 aromatic rings. The molecule has 7 nitrogen and oxygen atoms in total. The zero-order valence-electron chi connectivity index (χ0n) is 16.1. The Balaban J connectivity index is 1.72. The molecule has 1 amide bonds. The number of fused-ring (bicyclic) bond motifs is 1. The van der Waals surface area contributed by atoms with Crippen LogP contribution in [0.2, 0.25) is 0 Å². The third-order valence-corrected chi connectivity index (χ3v) is 6.08. The first-order valence-electron chi connectivity index (χ1n) is 9.00. The molecule has 0 atom stereocenters. The van der Waals surface area contributed by atoms with Gasteiger partial charge >= 0.3 is 0 Å². The van der Waals surface area contributed by atoms with Crippen molar-refractivity contribution in [3.05, 3.63) is 62.9 Å². The van der Waals surface area contributed by atoms with Gasteiger partial charge in [-0.25, -0.2) is 14.4 Å². The minimum Gasteiger partial charge on any atom is -0.501 e. The van der Waals surface area contributed by atoms with E-state index in [4.69, 9.17) is 0 Å². The third-order valence-electron chi connectivity index (χ3n) is 5.08. The Bertz CT molecular complexity index is 1170. The van der Waals surface area contributed by atoms with Gasteiger partial charge in [0.1, 0.15) is 29.0 Å². The fraction of sp³-hybridized carbons (Fsp3) is 0.300. The van der Waals surface area contributed by atoms with Gasteiger partial charge in [-0.3, -0.25) is 14.2 Å². The van der Waals surface area contributed by atoms with E-state index in [2.05, 4.69) is 9.97 Å². The number of aromatic nitrogens is 3. The van der Waals surface area contributed by atoms with Gasteiger partial charge in [-0.2, -0.15) is 0 Å². The van der Waals surface area contributed by atoms with E-state index in [0.717, 1.165) is 10.4 Å². The zero-order valence-corrected chi connectivity index (χ0v) is 17.0. The molecule has 0 aliphatic carbocycles. The predicted octanol–water partition coefficient (Wildman–Crippen LogP) is 2.86. The Morgan fingerprint density at radius 2 is 2.00 bits per heavy atom. The number of carbonyl (C=O) groups is 1. The number of benzene rings is 1. The molecule has 9 heteroatoms. The predicted molar refractivity (Wildman–Crippen MR) is 106 cm³/mol. The molecule has 29 heavy (non-hydrogen) atoms. The molecule has 0 saturated heterocycles. The normalized spacial score (nSPS) is 14.8. The second kappa shape index (κ2) is 6.77. The Morgan fingerprint density at radius 1 is 1.31 bits per heavy atom. The number of nitrogens with zero attached hydrogens (tertiary/aromatic N) is 4. The van der Waals surface area contributed by atoms with Crippen molar-refractivity contribution in [3.8, 4) is 16.5 Å². The zero-order chi connectivity index (χ0) is 20.9. The highest BCUT2D eigenvalue weighted by molar-refractivity contribution is 7.15. The van der Waals surface area contributed by atoms with Crippen LogP contribution in [-0.4, -0.2) is 30.4 Å². The van der Waals surface area contributed by atoms with Gasteiger partial charge in [0.25, 0.3) is 5.56 Å². The van der Waals surface area contributed by atoms with Gasteiger partial charge in [0.15, 0.2) is 0 Å². The summed E-state index contributed by atoms with van der Waals surface area (Å²) >= 11 is 1.30. The molecule has 3 heterocycles. The van der Waals surface area contributed by atoms with Crippen LogP contribution in [0.1, 0.15) is 37.0 Å². The van der Waals surface area contributed by atoms with Crippen molar-refractivity contribution >= 4 is 17.2 Å². The molecule has 0 bridgehead atoms. The van der Waals surface area contributed by atoms with Gasteiger partial charge in [0.05, 0.1) is 5.54 Å². The summed E-state index contributed by atoms with van der Waals surface area (Å²) < 4.78 is 14.4. The van der Waals surface area contributed by atoms with Crippen molar-refractivity contribution in [2.45, 2.75) is 39.4 Å². The van der Waals surface area contributed by atoms with Crippen LogP contribution in [0.15, 0.2) is 35.3 Å². The van der Waals surface area contributed by atoms with Crippen molar-refractivity contribution in [3.63, 3.8) is 0 Å². The quantitative estimate of drug-likeness (QED) is 0.712. The van der Waals surface area contributed by atoms with Gasteiger partial charge in [-0.15, -0.1) is 11.3 Å². The van der Waals surface area contributed by atoms with Crippen LogP contribution in [0, 0.1) is 5.82 Å². The van der Waals surface area contributed by atoms with Gasteiger partial charge in [-0.05, 0) is 31.5 Å². The monoisotopic (exact) mass is 414 g/mol. The van der Waals surface area contributed by atoms with E-state index >= 15 is 0 Å². The molecular weight excluding hydrogens is 395 g/mol. The maximum atomic E-state index is 13.1. The van der Waals surface area contributed by atoms with E-state index in [9.17, 15) is 19.1 Å². The summed E-state index contributed by atoms with van der Waals surface area (Å²) in [6.45, 7) is 5.09. The topological polar surface area (TPSA) is 88.3 Å². The number of halogens is 1. The Hall–Kier alpha value is -3.07. The fourth-order valence-corrected chi connectivity index (χ4v) is 4.46. The SMILES string of the molecule is CC(=O)N1Cn2c(nc(-c3ncc(Cc4ccc(F)cc4)s3)c(O)c2=O)C1(C)C. The summed E-state index contributed by atoms with van der Waals surface area (Å²) in [6, 6.07) is 6.19. The molecule has 1 aliphatic rings. The molecule has 1 aliphatic heterocycles. The molecule has 1 N–H and O–H groups in total. The second-order valence-corrected chi connectivity index (χ2v) is 8.56. The summed E-state index contributed by atoms with van der Waals surface area (Å²) in [6.07, 6.45) is 2.20. The largest absolute Gasteiger partial charge is 0.501 e. The molecular formula is C20H19FN4O3S. The van der Waals surface area contributed by atoms with Crippen molar-refractivity contribution in [2.75, 3.05) is 0 Å². The lowest BCUT2D eigenvalue weighted by molar-refractivity contribution is -0.134. The number of hydrogen-bond acceptors (Lipinski definition) is 6. The number of rotatable bonds is 3. The highest BCUT2D eigenvalue weighted by atomic mass is 32.1. The minimum absolute atomic E-state index is 0.0467. The van der Waals surface area contributed by atoms with Crippen LogP contribution < -0.4 is 5.56 Å². The van der Waals surface area contributed by atoms with E-state index in [1.54, 1.807) is 18.3 Å². The van der Waals surface area contributed by atoms with Crippen molar-refractivity contribution < 1.29 is 14.3 Å². The maximum absolute atomic E-state index is 13.1. The average Bonchev–Trinajstić information content (AvgIpc) is 3.22. The average molecular weight is 414 g/mol. The van der Waals surface area contributed by atoms with E-state index < -0.39 is 16.8 Å². The molecule has 0 saturated carbocycles. The summed E-state index contributed by atoms with van der Waals surface area (Å²) in [5.74, 6) is -0.566. The smallest absolute Gasteiger partial charge is 0.298 e. The lowest BCUT2D eigenvalue weighted by Crippen LogP contribution is -2.39. The number of hydrogen-bond donors (Lipinski definition) is 1.